The molecule has 3 heteroatoms. The summed E-state index contributed by atoms with van der Waals surface area (Å²) in [6.07, 6.45) is 0.994. The van der Waals surface area contributed by atoms with E-state index in [9.17, 15) is 5.26 Å². The Balaban J connectivity index is 1.96. The molecule has 0 saturated carbocycles. The summed E-state index contributed by atoms with van der Waals surface area (Å²) in [5.41, 5.74) is 12.2. The van der Waals surface area contributed by atoms with Gasteiger partial charge in [0.15, 0.2) is 0 Å². The largest absolute Gasteiger partial charge is 0.399 e. The zero-order valence-electron chi connectivity index (χ0n) is 11.6. The first-order valence-corrected chi connectivity index (χ1v) is 6.80. The second-order valence-electron chi connectivity index (χ2n) is 5.33. The number of nitriles is 1. The number of nitrogens with zero attached hydrogens (tertiary/aromatic N) is 2. The molecule has 0 fully saturated rings. The minimum Gasteiger partial charge on any atom is -0.399 e. The van der Waals surface area contributed by atoms with Gasteiger partial charge in [-0.2, -0.15) is 5.26 Å². The highest BCUT2D eigenvalue weighted by Gasteiger charge is 2.18. The van der Waals surface area contributed by atoms with Crippen LogP contribution in [0.15, 0.2) is 36.4 Å². The summed E-state index contributed by atoms with van der Waals surface area (Å²) in [6, 6.07) is 14.5. The standard InChI is InChI=1S/C17H17N3/c1-12-2-5-17(14(8-12)10-18)20-7-6-13-3-4-16(19)9-15(13)11-20/h2-5,8-9H,6-7,11,19H2,1H3. The Labute approximate surface area is 119 Å². The zero-order chi connectivity index (χ0) is 14.1. The van der Waals surface area contributed by atoms with E-state index < -0.39 is 0 Å². The van der Waals surface area contributed by atoms with Gasteiger partial charge in [0.2, 0.25) is 0 Å². The van der Waals surface area contributed by atoms with Crippen LogP contribution in [0.5, 0.6) is 0 Å². The van der Waals surface area contributed by atoms with Crippen LogP contribution < -0.4 is 10.6 Å². The molecule has 0 amide bonds. The fraction of sp³-hybridized carbons (Fsp3) is 0.235. The lowest BCUT2D eigenvalue weighted by molar-refractivity contribution is 0.731. The van der Waals surface area contributed by atoms with E-state index in [2.05, 4.69) is 23.1 Å². The Morgan fingerprint density at radius 3 is 2.80 bits per heavy atom. The Morgan fingerprint density at radius 2 is 2.00 bits per heavy atom. The van der Waals surface area contributed by atoms with E-state index in [-0.39, 0.29) is 0 Å². The summed E-state index contributed by atoms with van der Waals surface area (Å²) in [4.78, 5) is 2.26. The van der Waals surface area contributed by atoms with Crippen molar-refractivity contribution in [2.24, 2.45) is 0 Å². The van der Waals surface area contributed by atoms with Crippen LogP contribution in [0.3, 0.4) is 0 Å². The van der Waals surface area contributed by atoms with Crippen LogP contribution in [-0.4, -0.2) is 6.54 Å². The van der Waals surface area contributed by atoms with E-state index in [0.29, 0.717) is 0 Å². The zero-order valence-corrected chi connectivity index (χ0v) is 11.6. The van der Waals surface area contributed by atoms with Gasteiger partial charge in [-0.1, -0.05) is 12.1 Å². The third-order valence-electron chi connectivity index (χ3n) is 3.86. The van der Waals surface area contributed by atoms with Crippen molar-refractivity contribution < 1.29 is 0 Å². The highest BCUT2D eigenvalue weighted by Crippen LogP contribution is 2.28. The van der Waals surface area contributed by atoms with E-state index in [4.69, 9.17) is 5.73 Å². The average Bonchev–Trinajstić information content (AvgIpc) is 2.46. The molecule has 2 aromatic carbocycles. The summed E-state index contributed by atoms with van der Waals surface area (Å²) >= 11 is 0. The molecule has 2 aromatic rings. The molecule has 0 bridgehead atoms. The Morgan fingerprint density at radius 1 is 1.15 bits per heavy atom. The van der Waals surface area contributed by atoms with Crippen LogP contribution in [0.1, 0.15) is 22.3 Å². The van der Waals surface area contributed by atoms with Crippen LogP contribution in [-0.2, 0) is 13.0 Å². The quantitative estimate of drug-likeness (QED) is 0.805. The number of nitrogen functional groups attached to an aromatic ring is 1. The normalized spacial score (nSPS) is 13.7. The average molecular weight is 263 g/mol. The third-order valence-corrected chi connectivity index (χ3v) is 3.86. The first-order chi connectivity index (χ1) is 9.67. The summed E-state index contributed by atoms with van der Waals surface area (Å²) in [6.45, 7) is 3.77. The second kappa shape index (κ2) is 4.90. The highest BCUT2D eigenvalue weighted by atomic mass is 15.1. The van der Waals surface area contributed by atoms with Crippen molar-refractivity contribution in [1.82, 2.24) is 0 Å². The van der Waals surface area contributed by atoms with Crippen molar-refractivity contribution in [2.45, 2.75) is 19.9 Å². The van der Waals surface area contributed by atoms with E-state index in [1.54, 1.807) is 0 Å². The van der Waals surface area contributed by atoms with E-state index >= 15 is 0 Å². The van der Waals surface area contributed by atoms with Crippen molar-refractivity contribution in [1.29, 1.82) is 5.26 Å². The molecule has 1 aliphatic rings. The van der Waals surface area contributed by atoms with Crippen molar-refractivity contribution in [3.63, 3.8) is 0 Å². The summed E-state index contributed by atoms with van der Waals surface area (Å²) < 4.78 is 0. The van der Waals surface area contributed by atoms with Gasteiger partial charge in [-0.15, -0.1) is 0 Å². The van der Waals surface area contributed by atoms with Gasteiger partial charge in [-0.05, 0) is 54.3 Å². The van der Waals surface area contributed by atoms with E-state index in [1.165, 1.54) is 11.1 Å². The molecular formula is C17H17N3. The van der Waals surface area contributed by atoms with Gasteiger partial charge in [-0.25, -0.2) is 0 Å². The van der Waals surface area contributed by atoms with Crippen LogP contribution in [0, 0.1) is 18.3 Å². The van der Waals surface area contributed by atoms with Crippen LogP contribution in [0.4, 0.5) is 11.4 Å². The molecule has 3 nitrogen and oxygen atoms in total. The van der Waals surface area contributed by atoms with Crippen LogP contribution >= 0.6 is 0 Å². The lowest BCUT2D eigenvalue weighted by Gasteiger charge is -2.31. The van der Waals surface area contributed by atoms with Crippen molar-refractivity contribution in [3.8, 4) is 6.07 Å². The fourth-order valence-electron chi connectivity index (χ4n) is 2.80. The van der Waals surface area contributed by atoms with Gasteiger partial charge in [0.25, 0.3) is 0 Å². The Hall–Kier alpha value is -2.47. The molecule has 0 spiro atoms. The molecule has 0 radical (unpaired) electrons. The summed E-state index contributed by atoms with van der Waals surface area (Å²) in [5.74, 6) is 0. The van der Waals surface area contributed by atoms with Crippen molar-refractivity contribution in [2.75, 3.05) is 17.2 Å². The first kappa shape index (κ1) is 12.6. The number of anilines is 2. The number of fused-ring (bicyclic) bond motifs is 1. The fourth-order valence-corrected chi connectivity index (χ4v) is 2.80. The highest BCUT2D eigenvalue weighted by molar-refractivity contribution is 5.62. The number of nitrogens with two attached hydrogens (primary N) is 1. The number of aryl methyl sites for hydroxylation is 1. The molecule has 20 heavy (non-hydrogen) atoms. The van der Waals surface area contributed by atoms with Gasteiger partial charge in [0.05, 0.1) is 11.3 Å². The molecule has 2 N–H and O–H groups in total. The monoisotopic (exact) mass is 263 g/mol. The number of hydrogen-bond donors (Lipinski definition) is 1. The van der Waals surface area contributed by atoms with Gasteiger partial charge in [-0.3, -0.25) is 0 Å². The maximum atomic E-state index is 9.32. The molecule has 0 aromatic heterocycles. The molecule has 0 saturated heterocycles. The maximum Gasteiger partial charge on any atom is 0.101 e. The molecule has 1 aliphatic heterocycles. The molecule has 100 valence electrons. The minimum atomic E-state index is 0.748. The molecular weight excluding hydrogens is 246 g/mol. The van der Waals surface area contributed by atoms with Crippen molar-refractivity contribution >= 4 is 11.4 Å². The van der Waals surface area contributed by atoms with Gasteiger partial charge in [0, 0.05) is 18.8 Å². The van der Waals surface area contributed by atoms with Crippen molar-refractivity contribution in [3.05, 3.63) is 58.7 Å². The molecule has 0 unspecified atom stereocenters. The maximum absolute atomic E-state index is 9.32. The molecule has 0 aliphatic carbocycles. The Kier molecular flexibility index (Phi) is 3.08. The van der Waals surface area contributed by atoms with Crippen LogP contribution in [0.2, 0.25) is 0 Å². The molecule has 1 heterocycles. The van der Waals surface area contributed by atoms with Gasteiger partial charge >= 0.3 is 0 Å². The van der Waals surface area contributed by atoms with E-state index in [1.807, 2.05) is 31.2 Å². The number of hydrogen-bond acceptors (Lipinski definition) is 3. The Bertz CT molecular complexity index is 698. The lowest BCUT2D eigenvalue weighted by atomic mass is 9.98. The van der Waals surface area contributed by atoms with Crippen LogP contribution in [0.25, 0.3) is 0 Å². The predicted molar refractivity (Wildman–Crippen MR) is 81.5 cm³/mol. The predicted octanol–water partition coefficient (Wildman–Crippen LogP) is 3.01. The third kappa shape index (κ3) is 2.21. The smallest absolute Gasteiger partial charge is 0.101 e. The number of rotatable bonds is 1. The second-order valence-corrected chi connectivity index (χ2v) is 5.33. The summed E-state index contributed by atoms with van der Waals surface area (Å²) in [5, 5.41) is 9.32. The lowest BCUT2D eigenvalue weighted by Crippen LogP contribution is -2.31. The van der Waals surface area contributed by atoms with E-state index in [0.717, 1.165) is 42.0 Å². The SMILES string of the molecule is Cc1ccc(N2CCc3ccc(N)cc3C2)c(C#N)c1. The molecule has 3 rings (SSSR count). The minimum absolute atomic E-state index is 0.748. The van der Waals surface area contributed by atoms with Gasteiger partial charge in [0.1, 0.15) is 6.07 Å². The topological polar surface area (TPSA) is 53.0 Å². The first-order valence-electron chi connectivity index (χ1n) is 6.80. The number of benzene rings is 2. The summed E-state index contributed by atoms with van der Waals surface area (Å²) in [7, 11) is 0. The van der Waals surface area contributed by atoms with Gasteiger partial charge < -0.3 is 10.6 Å². The molecule has 0 atom stereocenters.